The summed E-state index contributed by atoms with van der Waals surface area (Å²) in [6.45, 7) is 17.7. The number of hydrogen-bond acceptors (Lipinski definition) is 14. The molecule has 38 heavy (non-hydrogen) atoms. The highest BCUT2D eigenvalue weighted by atomic mass is 33.1. The van der Waals surface area contributed by atoms with E-state index in [0.29, 0.717) is 11.9 Å². The molecular weight excluding hydrogens is 557 g/mol. The van der Waals surface area contributed by atoms with Crippen LogP contribution in [0.15, 0.2) is 10.3 Å². The quantitative estimate of drug-likeness (QED) is 0.123. The Balaban J connectivity index is 1.67. The Labute approximate surface area is 244 Å². The molecule has 2 rings (SSSR count). The number of unbranched alkanes of at least 4 members (excludes halogenated alkanes) is 3. The minimum absolute atomic E-state index is 0.655. The van der Waals surface area contributed by atoms with Crippen molar-refractivity contribution in [1.29, 1.82) is 0 Å². The molecular formula is C24H44N10S4. The summed E-state index contributed by atoms with van der Waals surface area (Å²) in [5.41, 5.74) is 0. The molecule has 2 aromatic heterocycles. The molecule has 0 aliphatic heterocycles. The van der Waals surface area contributed by atoms with Gasteiger partial charge in [-0.25, -0.2) is 0 Å². The molecule has 0 amide bonds. The Bertz CT molecular complexity index is 842. The van der Waals surface area contributed by atoms with Crippen LogP contribution in [0.4, 0.5) is 23.8 Å². The van der Waals surface area contributed by atoms with Crippen molar-refractivity contribution in [2.75, 3.05) is 71.2 Å². The molecule has 2 N–H and O–H groups in total. The lowest BCUT2D eigenvalue weighted by molar-refractivity contribution is 0.712. The van der Waals surface area contributed by atoms with Gasteiger partial charge in [0, 0.05) is 50.8 Å². The van der Waals surface area contributed by atoms with Crippen molar-refractivity contribution in [1.82, 2.24) is 29.9 Å². The summed E-state index contributed by atoms with van der Waals surface area (Å²) in [5, 5.41) is 8.00. The Hall–Kier alpha value is -1.38. The number of aromatic nitrogens is 6. The van der Waals surface area contributed by atoms with Crippen molar-refractivity contribution < 1.29 is 0 Å². The first-order valence-corrected chi connectivity index (χ1v) is 18.3. The topological polar surface area (TPSA) is 108 Å². The molecule has 0 aromatic carbocycles. The lowest BCUT2D eigenvalue weighted by Gasteiger charge is -2.19. The van der Waals surface area contributed by atoms with Crippen LogP contribution in [0.2, 0.25) is 0 Å². The minimum Gasteiger partial charge on any atom is -0.354 e. The Kier molecular flexibility index (Phi) is 17.0. The number of rotatable bonds is 21. The summed E-state index contributed by atoms with van der Waals surface area (Å²) in [4.78, 5) is 31.9. The predicted molar refractivity (Wildman–Crippen MR) is 170 cm³/mol. The standard InChI is InChI=1S/C24H44N10S4/c1-7-25-19-27-21(33(9-3)10-4)31-23(29-19)37-35-17-15-13-14-16-18-36-38-24-30-20(26-8-2)28-22(32-24)34(11-5)12-6/h7-18H2,1-6H3,(H,25,27,29,31)(H,26,28,30,32). The third kappa shape index (κ3) is 11.8. The SMILES string of the molecule is CCNc1nc(SSCCCCCCSSc2nc(NCC)nc(N(CC)CC)n2)nc(N(CC)CC)n1. The highest BCUT2D eigenvalue weighted by Crippen LogP contribution is 2.32. The van der Waals surface area contributed by atoms with E-state index in [1.165, 1.54) is 25.7 Å². The Morgan fingerprint density at radius 2 is 0.921 bits per heavy atom. The third-order valence-electron chi connectivity index (χ3n) is 5.44. The van der Waals surface area contributed by atoms with E-state index in [2.05, 4.69) is 91.9 Å². The molecule has 0 unspecified atom stereocenters. The summed E-state index contributed by atoms with van der Waals surface area (Å²) >= 11 is 0. The van der Waals surface area contributed by atoms with E-state index < -0.39 is 0 Å². The zero-order valence-corrected chi connectivity index (χ0v) is 27.0. The average molecular weight is 601 g/mol. The van der Waals surface area contributed by atoms with Crippen molar-refractivity contribution in [3.63, 3.8) is 0 Å². The molecule has 0 radical (unpaired) electrons. The van der Waals surface area contributed by atoms with Gasteiger partial charge in [0.05, 0.1) is 0 Å². The van der Waals surface area contributed by atoms with E-state index in [1.54, 1.807) is 21.6 Å². The summed E-state index contributed by atoms with van der Waals surface area (Å²) in [6, 6.07) is 0. The van der Waals surface area contributed by atoms with Crippen molar-refractivity contribution in [3.05, 3.63) is 0 Å². The zero-order valence-electron chi connectivity index (χ0n) is 23.7. The van der Waals surface area contributed by atoms with Gasteiger partial charge >= 0.3 is 0 Å². The van der Waals surface area contributed by atoms with Gasteiger partial charge in [-0.3, -0.25) is 0 Å². The molecule has 0 atom stereocenters. The van der Waals surface area contributed by atoms with Gasteiger partial charge in [0.25, 0.3) is 0 Å². The number of anilines is 4. The molecule has 2 aromatic rings. The normalized spacial score (nSPS) is 11.0. The van der Waals surface area contributed by atoms with Crippen LogP contribution in [-0.2, 0) is 0 Å². The van der Waals surface area contributed by atoms with Crippen LogP contribution in [-0.4, -0.2) is 80.7 Å². The second-order valence-corrected chi connectivity index (χ2v) is 12.9. The Morgan fingerprint density at radius 3 is 1.26 bits per heavy atom. The van der Waals surface area contributed by atoms with Crippen LogP contribution in [0.25, 0.3) is 0 Å². The molecule has 10 nitrogen and oxygen atoms in total. The molecule has 0 saturated heterocycles. The predicted octanol–water partition coefficient (Wildman–Crippen LogP) is 6.35. The van der Waals surface area contributed by atoms with Crippen molar-refractivity contribution in [2.24, 2.45) is 0 Å². The van der Waals surface area contributed by atoms with E-state index in [9.17, 15) is 0 Å². The van der Waals surface area contributed by atoms with E-state index >= 15 is 0 Å². The monoisotopic (exact) mass is 600 g/mol. The molecule has 14 heteroatoms. The van der Waals surface area contributed by atoms with Crippen molar-refractivity contribution >= 4 is 67.0 Å². The molecule has 0 aliphatic carbocycles. The van der Waals surface area contributed by atoms with Crippen molar-refractivity contribution in [2.45, 2.75) is 77.5 Å². The number of nitrogens with zero attached hydrogens (tertiary/aromatic N) is 8. The fourth-order valence-corrected chi connectivity index (χ4v) is 7.19. The van der Waals surface area contributed by atoms with Crippen LogP contribution in [0, 0.1) is 0 Å². The number of nitrogens with one attached hydrogen (secondary N) is 2. The Morgan fingerprint density at radius 1 is 0.526 bits per heavy atom. The lowest BCUT2D eigenvalue weighted by atomic mass is 10.2. The van der Waals surface area contributed by atoms with E-state index in [1.807, 2.05) is 21.6 Å². The molecule has 0 aliphatic rings. The highest BCUT2D eigenvalue weighted by molar-refractivity contribution is 8.77. The average Bonchev–Trinajstić information content (AvgIpc) is 2.91. The second kappa shape index (κ2) is 19.6. The summed E-state index contributed by atoms with van der Waals surface area (Å²) < 4.78 is 0. The summed E-state index contributed by atoms with van der Waals surface area (Å²) in [6.07, 6.45) is 4.84. The first kappa shape index (κ1) is 32.8. The highest BCUT2D eigenvalue weighted by Gasteiger charge is 2.13. The van der Waals surface area contributed by atoms with Gasteiger partial charge in [-0.1, -0.05) is 34.4 Å². The zero-order chi connectivity index (χ0) is 27.6. The van der Waals surface area contributed by atoms with Crippen LogP contribution in [0.5, 0.6) is 0 Å². The smallest absolute Gasteiger partial charge is 0.231 e. The maximum atomic E-state index is 4.67. The molecule has 0 spiro atoms. The first-order valence-electron chi connectivity index (χ1n) is 13.7. The van der Waals surface area contributed by atoms with E-state index in [4.69, 9.17) is 0 Å². The molecule has 0 saturated carbocycles. The summed E-state index contributed by atoms with van der Waals surface area (Å²) in [7, 11) is 6.94. The van der Waals surface area contributed by atoms with Gasteiger partial charge in [0.1, 0.15) is 0 Å². The lowest BCUT2D eigenvalue weighted by Crippen LogP contribution is -2.25. The second-order valence-electron chi connectivity index (χ2n) is 8.11. The first-order chi connectivity index (χ1) is 18.6. The third-order valence-corrected chi connectivity index (χ3v) is 9.85. The molecule has 214 valence electrons. The fraction of sp³-hybridized carbons (Fsp3) is 0.750. The number of hydrogen-bond donors (Lipinski definition) is 2. The molecule has 0 fully saturated rings. The van der Waals surface area contributed by atoms with Gasteiger partial charge in [0.15, 0.2) is 0 Å². The van der Waals surface area contributed by atoms with Gasteiger partial charge in [-0.2, -0.15) is 29.9 Å². The summed E-state index contributed by atoms with van der Waals surface area (Å²) in [5.74, 6) is 4.98. The van der Waals surface area contributed by atoms with Crippen LogP contribution in [0.3, 0.4) is 0 Å². The van der Waals surface area contributed by atoms with Gasteiger partial charge in [0.2, 0.25) is 34.1 Å². The van der Waals surface area contributed by atoms with Gasteiger partial charge in [-0.15, -0.1) is 0 Å². The molecule has 0 bridgehead atoms. The maximum absolute atomic E-state index is 4.67. The largest absolute Gasteiger partial charge is 0.354 e. The van der Waals surface area contributed by atoms with Gasteiger partial charge < -0.3 is 20.4 Å². The minimum atomic E-state index is 0.655. The van der Waals surface area contributed by atoms with Crippen LogP contribution in [0.1, 0.15) is 67.2 Å². The van der Waals surface area contributed by atoms with Crippen LogP contribution >= 0.6 is 43.2 Å². The molecule has 2 heterocycles. The van der Waals surface area contributed by atoms with Crippen molar-refractivity contribution in [3.8, 4) is 0 Å². The van der Waals surface area contributed by atoms with E-state index in [0.717, 1.165) is 73.0 Å². The fourth-order valence-electron chi connectivity index (χ4n) is 3.40. The van der Waals surface area contributed by atoms with E-state index in [-0.39, 0.29) is 0 Å². The maximum Gasteiger partial charge on any atom is 0.231 e. The van der Waals surface area contributed by atoms with Crippen LogP contribution < -0.4 is 20.4 Å². The van der Waals surface area contributed by atoms with Gasteiger partial charge in [-0.05, 0) is 76.0 Å².